The first-order valence-electron chi connectivity index (χ1n) is 14.6. The second kappa shape index (κ2) is 14.2. The molecule has 1 fully saturated rings. The van der Waals surface area contributed by atoms with Gasteiger partial charge in [0.1, 0.15) is 25.0 Å². The van der Waals surface area contributed by atoms with Gasteiger partial charge in [-0.15, -0.1) is 0 Å². The quantitative estimate of drug-likeness (QED) is 0.0913. The Bertz CT molecular complexity index is 1960. The number of nitrogen functional groups attached to an aromatic ring is 2. The molecule has 0 aliphatic carbocycles. The minimum atomic E-state index is -1.39. The van der Waals surface area contributed by atoms with Gasteiger partial charge in [0.15, 0.2) is 17.0 Å². The van der Waals surface area contributed by atoms with E-state index in [1.165, 1.54) is 31.5 Å². The molecule has 1 unspecified atom stereocenters. The summed E-state index contributed by atoms with van der Waals surface area (Å²) in [7, 11) is 0. The van der Waals surface area contributed by atoms with Crippen molar-refractivity contribution in [1.29, 1.82) is 0 Å². The molecule has 48 heavy (non-hydrogen) atoms. The van der Waals surface area contributed by atoms with E-state index >= 15 is 0 Å². The molecule has 0 saturated carbocycles. The second-order valence-corrected chi connectivity index (χ2v) is 10.9. The number of aromatic amines is 1. The van der Waals surface area contributed by atoms with Gasteiger partial charge in [0.05, 0.1) is 24.5 Å². The summed E-state index contributed by atoms with van der Waals surface area (Å²) in [6, 6.07) is 4.83. The Hall–Kier alpha value is -5.95. The summed E-state index contributed by atoms with van der Waals surface area (Å²) in [6.45, 7) is 1.41. The van der Waals surface area contributed by atoms with Crippen LogP contribution in [-0.4, -0.2) is 82.4 Å². The molecule has 19 nitrogen and oxygen atoms in total. The molecular weight excluding hydrogens is 632 g/mol. The zero-order chi connectivity index (χ0) is 34.5. The molecular formula is C29H32N10O9. The van der Waals surface area contributed by atoms with E-state index in [0.29, 0.717) is 16.9 Å². The maximum Gasteiger partial charge on any atom is 0.330 e. The number of aromatic nitrogens is 6. The Morgan fingerprint density at radius 1 is 1.17 bits per heavy atom. The van der Waals surface area contributed by atoms with E-state index in [2.05, 4.69) is 35.6 Å². The van der Waals surface area contributed by atoms with Crippen LogP contribution in [0.3, 0.4) is 0 Å². The number of fused-ring (bicyclic) bond motifs is 1. The average Bonchev–Trinajstić information content (AvgIpc) is 3.42. The van der Waals surface area contributed by atoms with E-state index in [-0.39, 0.29) is 61.0 Å². The van der Waals surface area contributed by atoms with Crippen molar-refractivity contribution in [3.8, 4) is 0 Å². The molecule has 19 heteroatoms. The van der Waals surface area contributed by atoms with Crippen molar-refractivity contribution in [2.75, 3.05) is 23.4 Å². The zero-order valence-electron chi connectivity index (χ0n) is 25.5. The molecule has 1 aliphatic rings. The van der Waals surface area contributed by atoms with Crippen molar-refractivity contribution in [3.05, 3.63) is 74.3 Å². The number of carboxylic acid groups (broad SMARTS) is 1. The summed E-state index contributed by atoms with van der Waals surface area (Å²) in [5.41, 5.74) is 12.4. The first-order valence-corrected chi connectivity index (χ1v) is 14.6. The Balaban J connectivity index is 1.08. The van der Waals surface area contributed by atoms with Crippen molar-refractivity contribution >= 4 is 46.5 Å². The van der Waals surface area contributed by atoms with E-state index in [9.17, 15) is 34.2 Å². The Morgan fingerprint density at radius 3 is 2.65 bits per heavy atom. The number of aliphatic carboxylic acids is 1. The predicted molar refractivity (Wildman–Crippen MR) is 167 cm³/mol. The van der Waals surface area contributed by atoms with E-state index in [0.717, 1.165) is 4.57 Å². The van der Waals surface area contributed by atoms with Gasteiger partial charge in [0, 0.05) is 35.9 Å². The highest BCUT2D eigenvalue weighted by Gasteiger charge is 2.36. The number of nitrogens with two attached hydrogens (primary N) is 2. The van der Waals surface area contributed by atoms with Crippen LogP contribution in [0.1, 0.15) is 47.1 Å². The Morgan fingerprint density at radius 2 is 1.92 bits per heavy atom. The third-order valence-electron chi connectivity index (χ3n) is 7.43. The fourth-order valence-electron chi connectivity index (χ4n) is 4.84. The molecule has 4 heterocycles. The van der Waals surface area contributed by atoms with Crippen LogP contribution < -0.4 is 33.3 Å². The number of benzene rings is 1. The fraction of sp³-hybridized carbons (Fsp3) is 0.345. The van der Waals surface area contributed by atoms with E-state index in [4.69, 9.17) is 20.9 Å². The number of anilines is 3. The lowest BCUT2D eigenvalue weighted by Crippen LogP contribution is -2.41. The minimum Gasteiger partial charge on any atom is -0.480 e. The Labute approximate surface area is 270 Å². The number of hydrogen-bond donors (Lipinski definition) is 7. The number of carbonyl (C=O) groups is 3. The van der Waals surface area contributed by atoms with Crippen LogP contribution in [-0.2, 0) is 25.6 Å². The summed E-state index contributed by atoms with van der Waals surface area (Å²) >= 11 is 0. The van der Waals surface area contributed by atoms with E-state index in [1.807, 2.05) is 0 Å². The van der Waals surface area contributed by atoms with Crippen LogP contribution in [0.2, 0.25) is 0 Å². The number of nitrogens with zero attached hydrogens (tertiary/aromatic N) is 5. The molecule has 1 aliphatic heterocycles. The van der Waals surface area contributed by atoms with Crippen molar-refractivity contribution in [3.63, 3.8) is 0 Å². The number of esters is 1. The van der Waals surface area contributed by atoms with Crippen molar-refractivity contribution in [1.82, 2.24) is 34.8 Å². The Kier molecular flexibility index (Phi) is 9.90. The molecule has 4 aromatic rings. The number of ether oxygens (including phenoxy) is 2. The summed E-state index contributed by atoms with van der Waals surface area (Å²) < 4.78 is 12.0. The second-order valence-electron chi connectivity index (χ2n) is 10.9. The van der Waals surface area contributed by atoms with Gasteiger partial charge < -0.3 is 41.8 Å². The SMILES string of the molecule is Cc1cn([C@H]2C[C@H](O)[C@@H](COC(=O)CCC(NC(=O)c3ccc(NCc4cnc5nc(N)nc(N)c5n4)cc3)C(=O)O)O2)c(=O)[nH]c1=O. The molecule has 4 atom stereocenters. The predicted octanol–water partition coefficient (Wildman–Crippen LogP) is -0.790. The molecule has 3 aromatic heterocycles. The first kappa shape index (κ1) is 33.4. The summed E-state index contributed by atoms with van der Waals surface area (Å²) in [5.74, 6) is -2.70. The monoisotopic (exact) mass is 664 g/mol. The minimum absolute atomic E-state index is 0.00968. The molecule has 0 spiro atoms. The lowest BCUT2D eigenvalue weighted by Gasteiger charge is -2.17. The molecule has 0 bridgehead atoms. The van der Waals surface area contributed by atoms with Crippen molar-refractivity contribution in [2.24, 2.45) is 0 Å². The molecule has 252 valence electrons. The smallest absolute Gasteiger partial charge is 0.330 e. The first-order chi connectivity index (χ1) is 22.9. The lowest BCUT2D eigenvalue weighted by molar-refractivity contribution is -0.150. The molecule has 5 rings (SSSR count). The lowest BCUT2D eigenvalue weighted by atomic mass is 10.1. The van der Waals surface area contributed by atoms with Crippen LogP contribution in [0.25, 0.3) is 11.2 Å². The zero-order valence-corrected chi connectivity index (χ0v) is 25.5. The van der Waals surface area contributed by atoms with E-state index in [1.54, 1.807) is 12.1 Å². The summed E-state index contributed by atoms with van der Waals surface area (Å²) in [5, 5.41) is 25.5. The number of aryl methyl sites for hydroxylation is 1. The highest BCUT2D eigenvalue weighted by Crippen LogP contribution is 2.28. The number of carbonyl (C=O) groups excluding carboxylic acids is 2. The standard InChI is InChI=1S/C29H32N10O9/c1-13-11-39(29(46)38-25(13)42)20-8-18(40)19(48-20)12-47-21(41)7-6-17(27(44)45)35-26(43)14-2-4-15(5-3-14)32-9-16-10-33-24-22(34-16)23(30)36-28(31)37-24/h2-5,10-11,17-20,32,40H,6-9,12H2,1H3,(H,35,43)(H,44,45)(H,38,42,46)(H4,30,31,33,36,37)/t17?,18-,19+,20+/m0/s1. The largest absolute Gasteiger partial charge is 0.480 e. The number of aliphatic hydroxyl groups is 1. The van der Waals surface area contributed by atoms with Gasteiger partial charge in [0.25, 0.3) is 11.5 Å². The number of rotatable bonds is 12. The van der Waals surface area contributed by atoms with Crippen LogP contribution in [0.5, 0.6) is 0 Å². The van der Waals surface area contributed by atoms with Crippen LogP contribution in [0, 0.1) is 6.92 Å². The van der Waals surface area contributed by atoms with Crippen molar-refractivity contribution < 1.29 is 34.1 Å². The molecule has 1 amide bonds. The third-order valence-corrected chi connectivity index (χ3v) is 7.43. The van der Waals surface area contributed by atoms with Gasteiger partial charge in [0.2, 0.25) is 5.95 Å². The molecule has 9 N–H and O–H groups in total. The number of hydrogen-bond acceptors (Lipinski definition) is 15. The van der Waals surface area contributed by atoms with Gasteiger partial charge in [-0.3, -0.25) is 23.9 Å². The number of carboxylic acids is 1. The van der Waals surface area contributed by atoms with Crippen molar-refractivity contribution in [2.45, 2.75) is 57.2 Å². The van der Waals surface area contributed by atoms with Gasteiger partial charge in [-0.1, -0.05) is 0 Å². The van der Waals surface area contributed by atoms with Gasteiger partial charge in [-0.2, -0.15) is 9.97 Å². The molecule has 1 saturated heterocycles. The van der Waals surface area contributed by atoms with Gasteiger partial charge in [-0.05, 0) is 37.6 Å². The van der Waals surface area contributed by atoms with E-state index < -0.39 is 53.6 Å². The number of H-pyrrole nitrogens is 1. The highest BCUT2D eigenvalue weighted by molar-refractivity contribution is 5.97. The van der Waals surface area contributed by atoms with Crippen LogP contribution in [0.15, 0.2) is 46.2 Å². The number of nitrogens with one attached hydrogen (secondary N) is 3. The normalized spacial score (nSPS) is 17.9. The summed E-state index contributed by atoms with van der Waals surface area (Å²) in [4.78, 5) is 79.3. The van der Waals surface area contributed by atoms with Gasteiger partial charge in [-0.25, -0.2) is 19.6 Å². The molecule has 1 aromatic carbocycles. The fourth-order valence-corrected chi connectivity index (χ4v) is 4.84. The summed E-state index contributed by atoms with van der Waals surface area (Å²) in [6.07, 6.45) is -0.710. The number of aliphatic hydroxyl groups excluding tert-OH is 1. The number of amides is 1. The topological polar surface area (TPSA) is 293 Å². The van der Waals surface area contributed by atoms with Crippen LogP contribution in [0.4, 0.5) is 17.5 Å². The van der Waals surface area contributed by atoms with Crippen LogP contribution >= 0.6 is 0 Å². The molecule has 0 radical (unpaired) electrons. The maximum absolute atomic E-state index is 12.8. The third kappa shape index (κ3) is 7.88. The maximum atomic E-state index is 12.8. The van der Waals surface area contributed by atoms with Gasteiger partial charge >= 0.3 is 17.6 Å². The average molecular weight is 665 g/mol. The highest BCUT2D eigenvalue weighted by atomic mass is 16.6.